The predicted molar refractivity (Wildman–Crippen MR) is 72.0 cm³/mol. The molecule has 4 rings (SSSR count). The zero-order chi connectivity index (χ0) is 11.9. The number of hydrogen-bond acceptors (Lipinski definition) is 5. The lowest BCUT2D eigenvalue weighted by Crippen LogP contribution is -2.30. The van der Waals surface area contributed by atoms with Gasteiger partial charge in [0.25, 0.3) is 0 Å². The number of fused-ring (bicyclic) bond motifs is 3. The van der Waals surface area contributed by atoms with Gasteiger partial charge in [0, 0.05) is 11.4 Å². The fourth-order valence-corrected chi connectivity index (χ4v) is 4.09. The van der Waals surface area contributed by atoms with Crippen molar-refractivity contribution in [1.82, 2.24) is 9.97 Å². The van der Waals surface area contributed by atoms with Crippen LogP contribution in [0.15, 0.2) is 6.33 Å². The summed E-state index contributed by atoms with van der Waals surface area (Å²) in [6, 6.07) is 0. The summed E-state index contributed by atoms with van der Waals surface area (Å²) in [6.07, 6.45) is 7.64. The average Bonchev–Trinajstić information content (AvgIpc) is 2.99. The third-order valence-corrected chi connectivity index (χ3v) is 4.92. The summed E-state index contributed by atoms with van der Waals surface area (Å²) in [4.78, 5) is 17.3. The quantitative estimate of drug-likeness (QED) is 0.791. The molecule has 18 heavy (non-hydrogen) atoms. The Morgan fingerprint density at radius 1 is 1.17 bits per heavy atom. The van der Waals surface area contributed by atoms with E-state index in [0.29, 0.717) is 0 Å². The molecule has 1 aliphatic carbocycles. The monoisotopic (exact) mass is 261 g/mol. The van der Waals surface area contributed by atoms with Crippen LogP contribution < -0.4 is 5.06 Å². The maximum absolute atomic E-state index is 5.75. The van der Waals surface area contributed by atoms with Crippen LogP contribution in [0.1, 0.15) is 29.7 Å². The maximum atomic E-state index is 5.75. The first-order valence-corrected chi connectivity index (χ1v) is 7.41. The molecule has 0 saturated carbocycles. The van der Waals surface area contributed by atoms with E-state index in [1.54, 1.807) is 6.33 Å². The van der Waals surface area contributed by atoms with Gasteiger partial charge in [-0.15, -0.1) is 11.3 Å². The lowest BCUT2D eigenvalue weighted by atomic mass is 10.2. The van der Waals surface area contributed by atoms with Gasteiger partial charge in [-0.3, -0.25) is 4.84 Å². The number of aryl methyl sites for hydroxylation is 2. The molecule has 0 spiro atoms. The van der Waals surface area contributed by atoms with E-state index < -0.39 is 0 Å². The predicted octanol–water partition coefficient (Wildman–Crippen LogP) is 2.71. The van der Waals surface area contributed by atoms with Gasteiger partial charge >= 0.3 is 0 Å². The Kier molecular flexibility index (Phi) is 2.48. The second-order valence-corrected chi connectivity index (χ2v) is 5.96. The van der Waals surface area contributed by atoms with Crippen molar-refractivity contribution in [3.8, 4) is 0 Å². The Balaban J connectivity index is 1.88. The minimum Gasteiger partial charge on any atom is -0.272 e. The van der Waals surface area contributed by atoms with E-state index in [1.807, 2.05) is 16.4 Å². The molecule has 0 N–H and O–H groups in total. The number of nitrogens with zero attached hydrogens (tertiary/aromatic N) is 3. The van der Waals surface area contributed by atoms with Gasteiger partial charge in [-0.1, -0.05) is 0 Å². The van der Waals surface area contributed by atoms with Crippen molar-refractivity contribution in [1.29, 1.82) is 0 Å². The Hall–Kier alpha value is -1.20. The fraction of sp³-hybridized carbons (Fsp3) is 0.538. The first kappa shape index (κ1) is 10.7. The molecule has 0 radical (unpaired) electrons. The van der Waals surface area contributed by atoms with Crippen molar-refractivity contribution in [3.63, 3.8) is 0 Å². The van der Waals surface area contributed by atoms with Crippen molar-refractivity contribution in [2.75, 3.05) is 18.2 Å². The van der Waals surface area contributed by atoms with Gasteiger partial charge in [-0.25, -0.2) is 15.0 Å². The molecule has 0 amide bonds. The fourth-order valence-electron chi connectivity index (χ4n) is 2.86. The van der Waals surface area contributed by atoms with Crippen LogP contribution in [-0.2, 0) is 17.7 Å². The van der Waals surface area contributed by atoms with Gasteiger partial charge in [-0.2, -0.15) is 0 Å². The standard InChI is InChI=1S/C13H15N3OS/c1-2-7-17-16(6-1)12-11-9-4-3-5-10(9)18-13(11)15-8-14-12/h8H,1-7H2. The van der Waals surface area contributed by atoms with Crippen molar-refractivity contribution >= 4 is 27.4 Å². The zero-order valence-electron chi connectivity index (χ0n) is 10.2. The molecule has 3 heterocycles. The van der Waals surface area contributed by atoms with E-state index >= 15 is 0 Å². The minimum atomic E-state index is 0.803. The summed E-state index contributed by atoms with van der Waals surface area (Å²) in [5.74, 6) is 0.985. The highest BCUT2D eigenvalue weighted by Crippen LogP contribution is 2.40. The third kappa shape index (κ3) is 1.54. The van der Waals surface area contributed by atoms with Crippen LogP contribution in [0.25, 0.3) is 10.2 Å². The molecule has 0 atom stereocenters. The second kappa shape index (κ2) is 4.17. The van der Waals surface area contributed by atoms with Crippen LogP contribution in [0.2, 0.25) is 0 Å². The molecule has 4 nitrogen and oxygen atoms in total. The maximum Gasteiger partial charge on any atom is 0.164 e. The summed E-state index contributed by atoms with van der Waals surface area (Å²) in [5, 5.41) is 3.22. The number of thiophene rings is 1. The van der Waals surface area contributed by atoms with Gasteiger partial charge in [0.2, 0.25) is 0 Å². The van der Waals surface area contributed by atoms with E-state index in [2.05, 4.69) is 9.97 Å². The molecular formula is C13H15N3OS. The molecule has 0 bridgehead atoms. The molecule has 0 aromatic carbocycles. The molecule has 0 unspecified atom stereocenters. The molecule has 2 aliphatic rings. The zero-order valence-corrected chi connectivity index (χ0v) is 11.0. The minimum absolute atomic E-state index is 0.803. The first-order valence-electron chi connectivity index (χ1n) is 6.59. The van der Waals surface area contributed by atoms with Gasteiger partial charge < -0.3 is 0 Å². The highest BCUT2D eigenvalue weighted by molar-refractivity contribution is 7.19. The highest BCUT2D eigenvalue weighted by Gasteiger charge is 2.24. The van der Waals surface area contributed by atoms with Crippen molar-refractivity contribution < 1.29 is 4.84 Å². The number of aromatic nitrogens is 2. The molecule has 1 fully saturated rings. The summed E-state index contributed by atoms with van der Waals surface area (Å²) in [5.41, 5.74) is 1.47. The molecule has 5 heteroatoms. The highest BCUT2D eigenvalue weighted by atomic mass is 32.1. The molecule has 94 valence electrons. The smallest absolute Gasteiger partial charge is 0.164 e. The SMILES string of the molecule is c1nc(N2CCCCO2)c2c3c(sc2n1)CCC3. The van der Waals surface area contributed by atoms with E-state index in [0.717, 1.165) is 30.2 Å². The summed E-state index contributed by atoms with van der Waals surface area (Å²) >= 11 is 1.83. The van der Waals surface area contributed by atoms with Crippen LogP contribution >= 0.6 is 11.3 Å². The Labute approximate surface area is 110 Å². The van der Waals surface area contributed by atoms with Crippen molar-refractivity contribution in [3.05, 3.63) is 16.8 Å². The van der Waals surface area contributed by atoms with E-state index in [4.69, 9.17) is 4.84 Å². The van der Waals surface area contributed by atoms with Gasteiger partial charge in [0.05, 0.1) is 12.0 Å². The summed E-state index contributed by atoms with van der Waals surface area (Å²) in [6.45, 7) is 1.74. The summed E-state index contributed by atoms with van der Waals surface area (Å²) < 4.78 is 0. The van der Waals surface area contributed by atoms with Crippen molar-refractivity contribution in [2.24, 2.45) is 0 Å². The molecule has 2 aromatic rings. The van der Waals surface area contributed by atoms with Crippen molar-refractivity contribution in [2.45, 2.75) is 32.1 Å². The topological polar surface area (TPSA) is 38.2 Å². The number of hydrogen-bond donors (Lipinski definition) is 0. The van der Waals surface area contributed by atoms with Crippen LogP contribution in [0.5, 0.6) is 0 Å². The Bertz CT molecular complexity index is 589. The Morgan fingerprint density at radius 3 is 3.06 bits per heavy atom. The largest absolute Gasteiger partial charge is 0.272 e. The number of anilines is 1. The molecule has 1 aliphatic heterocycles. The van der Waals surface area contributed by atoms with E-state index in [-0.39, 0.29) is 0 Å². The lowest BCUT2D eigenvalue weighted by Gasteiger charge is -2.27. The van der Waals surface area contributed by atoms with E-state index in [9.17, 15) is 0 Å². The molecule has 2 aromatic heterocycles. The lowest BCUT2D eigenvalue weighted by molar-refractivity contribution is 0.0767. The number of hydroxylamine groups is 1. The molecular weight excluding hydrogens is 246 g/mol. The summed E-state index contributed by atoms with van der Waals surface area (Å²) in [7, 11) is 0. The van der Waals surface area contributed by atoms with E-state index in [1.165, 1.54) is 41.5 Å². The van der Waals surface area contributed by atoms with Crippen LogP contribution in [0.4, 0.5) is 5.82 Å². The van der Waals surface area contributed by atoms with Crippen LogP contribution in [0.3, 0.4) is 0 Å². The van der Waals surface area contributed by atoms with Crippen LogP contribution in [0, 0.1) is 0 Å². The first-order chi connectivity index (χ1) is 8.93. The normalized spacial score (nSPS) is 19.4. The van der Waals surface area contributed by atoms with Gasteiger partial charge in [0.15, 0.2) is 5.82 Å². The third-order valence-electron chi connectivity index (χ3n) is 3.72. The Morgan fingerprint density at radius 2 is 2.17 bits per heavy atom. The van der Waals surface area contributed by atoms with Gasteiger partial charge in [0.1, 0.15) is 11.2 Å². The van der Waals surface area contributed by atoms with Gasteiger partial charge in [-0.05, 0) is 37.7 Å². The molecule has 1 saturated heterocycles. The van der Waals surface area contributed by atoms with Crippen LogP contribution in [-0.4, -0.2) is 23.1 Å². The second-order valence-electron chi connectivity index (χ2n) is 4.88. The average molecular weight is 261 g/mol. The number of rotatable bonds is 1.